The Morgan fingerprint density at radius 1 is 0.333 bits per heavy atom. The van der Waals surface area contributed by atoms with Gasteiger partial charge in [-0.05, 0) is 63.4 Å². The first-order chi connectivity index (χ1) is 29.8. The molecule has 0 fully saturated rings. The van der Waals surface area contributed by atoms with E-state index in [0.29, 0.717) is 17.5 Å². The van der Waals surface area contributed by atoms with Crippen LogP contribution in [0.2, 0.25) is 0 Å². The summed E-state index contributed by atoms with van der Waals surface area (Å²) < 4.78 is 9.32. The van der Waals surface area contributed by atoms with Crippen LogP contribution in [0, 0.1) is 0 Å². The van der Waals surface area contributed by atoms with Crippen LogP contribution in [0.25, 0.3) is 117 Å². The van der Waals surface area contributed by atoms with Gasteiger partial charge in [0.25, 0.3) is 0 Å². The number of furan rings is 1. The number of nitrogens with zero attached hydrogens (tertiary/aromatic N) is 4. The zero-order chi connectivity index (χ0) is 39.6. The van der Waals surface area contributed by atoms with Crippen LogP contribution >= 0.6 is 0 Å². The molecule has 0 bridgehead atoms. The Hall–Kier alpha value is -8.15. The zero-order valence-corrected chi connectivity index (χ0v) is 32.3. The monoisotopic (exact) mass is 766 g/mol. The number of benzene rings is 9. The molecule has 280 valence electrons. The molecule has 5 heteroatoms. The number of fused-ring (bicyclic) bond motifs is 8. The van der Waals surface area contributed by atoms with Crippen LogP contribution in [0.1, 0.15) is 0 Å². The maximum Gasteiger partial charge on any atom is 0.167 e. The molecule has 0 atom stereocenters. The van der Waals surface area contributed by atoms with E-state index >= 15 is 0 Å². The lowest BCUT2D eigenvalue weighted by Crippen LogP contribution is -2.01. The molecular formula is C55H34N4O. The van der Waals surface area contributed by atoms with Gasteiger partial charge < -0.3 is 8.98 Å². The van der Waals surface area contributed by atoms with E-state index in [0.717, 1.165) is 66.5 Å². The Kier molecular flexibility index (Phi) is 7.78. The predicted octanol–water partition coefficient (Wildman–Crippen LogP) is 14.4. The number of hydrogen-bond acceptors (Lipinski definition) is 4. The largest absolute Gasteiger partial charge is 0.455 e. The molecule has 0 radical (unpaired) electrons. The third kappa shape index (κ3) is 5.44. The van der Waals surface area contributed by atoms with Gasteiger partial charge >= 0.3 is 0 Å². The van der Waals surface area contributed by atoms with Crippen LogP contribution in [0.5, 0.6) is 0 Å². The van der Waals surface area contributed by atoms with Gasteiger partial charge in [-0.25, -0.2) is 15.0 Å². The van der Waals surface area contributed by atoms with Gasteiger partial charge in [0, 0.05) is 27.3 Å². The standard InChI is InChI=1S/C55H34N4O/c1-4-15-35(16-5-1)36-27-29-40(30-28-36)54-56-53(39-20-8-3-9-21-39)57-55(58-54)44-32-34-47(51-43-23-12-13-26-48(43)60-52(44)51)59-45-25-14-24-42(37-17-6-2-7-18-37)49(45)50-41-22-11-10-19-38(41)31-33-46(50)59/h1-34H. The normalized spacial score (nSPS) is 11.7. The Morgan fingerprint density at radius 3 is 1.65 bits per heavy atom. The molecule has 5 nitrogen and oxygen atoms in total. The second-order valence-electron chi connectivity index (χ2n) is 15.1. The molecule has 0 saturated carbocycles. The number of hydrogen-bond donors (Lipinski definition) is 0. The van der Waals surface area contributed by atoms with Crippen molar-refractivity contribution in [3.8, 4) is 62.1 Å². The van der Waals surface area contributed by atoms with E-state index in [-0.39, 0.29) is 0 Å². The average molecular weight is 767 g/mol. The van der Waals surface area contributed by atoms with Gasteiger partial charge in [0.15, 0.2) is 17.5 Å². The fraction of sp³-hybridized carbons (Fsp3) is 0. The first kappa shape index (κ1) is 33.9. The second kappa shape index (κ2) is 13.8. The topological polar surface area (TPSA) is 56.7 Å². The highest BCUT2D eigenvalue weighted by molar-refractivity contribution is 6.26. The Morgan fingerprint density at radius 2 is 0.900 bits per heavy atom. The molecule has 3 heterocycles. The van der Waals surface area contributed by atoms with E-state index in [1.54, 1.807) is 0 Å². The van der Waals surface area contributed by atoms with Crippen molar-refractivity contribution >= 4 is 54.5 Å². The first-order valence-corrected chi connectivity index (χ1v) is 20.2. The first-order valence-electron chi connectivity index (χ1n) is 20.2. The molecule has 0 spiro atoms. The minimum atomic E-state index is 0.543. The van der Waals surface area contributed by atoms with Gasteiger partial charge in [0.1, 0.15) is 11.2 Å². The molecule has 0 saturated heterocycles. The van der Waals surface area contributed by atoms with E-state index in [1.165, 1.54) is 32.7 Å². The van der Waals surface area contributed by atoms with Crippen LogP contribution in [-0.4, -0.2) is 19.5 Å². The lowest BCUT2D eigenvalue weighted by atomic mass is 9.97. The van der Waals surface area contributed by atoms with Crippen LogP contribution in [0.15, 0.2) is 211 Å². The highest BCUT2D eigenvalue weighted by Crippen LogP contribution is 2.45. The maximum atomic E-state index is 6.91. The minimum Gasteiger partial charge on any atom is -0.455 e. The minimum absolute atomic E-state index is 0.543. The Labute approximate surface area is 345 Å². The van der Waals surface area contributed by atoms with Crippen LogP contribution in [0.4, 0.5) is 0 Å². The zero-order valence-electron chi connectivity index (χ0n) is 32.3. The average Bonchev–Trinajstić information content (AvgIpc) is 3.89. The summed E-state index contributed by atoms with van der Waals surface area (Å²) in [4.78, 5) is 15.4. The van der Waals surface area contributed by atoms with Gasteiger partial charge in [0.2, 0.25) is 0 Å². The van der Waals surface area contributed by atoms with Crippen molar-refractivity contribution in [1.82, 2.24) is 19.5 Å². The van der Waals surface area contributed by atoms with Crippen molar-refractivity contribution in [2.24, 2.45) is 0 Å². The lowest BCUT2D eigenvalue weighted by molar-refractivity contribution is 0.669. The number of para-hydroxylation sites is 1. The third-order valence-electron chi connectivity index (χ3n) is 11.7. The van der Waals surface area contributed by atoms with Crippen molar-refractivity contribution in [3.63, 3.8) is 0 Å². The summed E-state index contributed by atoms with van der Waals surface area (Å²) in [6.07, 6.45) is 0. The maximum absolute atomic E-state index is 6.91. The van der Waals surface area contributed by atoms with Gasteiger partial charge in [-0.3, -0.25) is 0 Å². The summed E-state index contributed by atoms with van der Waals surface area (Å²) in [5, 5.41) is 6.88. The molecule has 0 amide bonds. The molecule has 0 aliphatic carbocycles. The summed E-state index contributed by atoms with van der Waals surface area (Å²) in [6.45, 7) is 0. The molecular weight excluding hydrogens is 733 g/mol. The molecule has 9 aromatic carbocycles. The number of aromatic nitrogens is 4. The van der Waals surface area contributed by atoms with Crippen LogP contribution < -0.4 is 0 Å². The molecule has 0 N–H and O–H groups in total. The van der Waals surface area contributed by atoms with Crippen molar-refractivity contribution < 1.29 is 4.42 Å². The molecule has 12 rings (SSSR count). The summed E-state index contributed by atoms with van der Waals surface area (Å²) >= 11 is 0. The molecule has 0 aliphatic heterocycles. The van der Waals surface area contributed by atoms with Crippen LogP contribution in [-0.2, 0) is 0 Å². The van der Waals surface area contributed by atoms with E-state index in [2.05, 4.69) is 162 Å². The molecule has 0 unspecified atom stereocenters. The smallest absolute Gasteiger partial charge is 0.167 e. The van der Waals surface area contributed by atoms with E-state index in [1.807, 2.05) is 48.5 Å². The van der Waals surface area contributed by atoms with E-state index in [4.69, 9.17) is 19.4 Å². The fourth-order valence-electron chi connectivity index (χ4n) is 8.90. The van der Waals surface area contributed by atoms with Gasteiger partial charge in [-0.1, -0.05) is 176 Å². The van der Waals surface area contributed by atoms with Crippen molar-refractivity contribution in [3.05, 3.63) is 206 Å². The fourth-order valence-corrected chi connectivity index (χ4v) is 8.90. The molecule has 3 aromatic heterocycles. The summed E-state index contributed by atoms with van der Waals surface area (Å²) in [7, 11) is 0. The van der Waals surface area contributed by atoms with Gasteiger partial charge in [0.05, 0.1) is 27.7 Å². The third-order valence-corrected chi connectivity index (χ3v) is 11.7. The number of rotatable bonds is 6. The summed E-state index contributed by atoms with van der Waals surface area (Å²) in [5.41, 5.74) is 12.1. The molecule has 60 heavy (non-hydrogen) atoms. The Bertz CT molecular complexity index is 3570. The van der Waals surface area contributed by atoms with E-state index in [9.17, 15) is 0 Å². The van der Waals surface area contributed by atoms with Crippen molar-refractivity contribution in [1.29, 1.82) is 0 Å². The van der Waals surface area contributed by atoms with Crippen molar-refractivity contribution in [2.75, 3.05) is 0 Å². The SMILES string of the molecule is c1ccc(-c2ccc(-c3nc(-c4ccccc4)nc(-c4ccc(-n5c6cccc(-c7ccccc7)c6c6c7ccccc7ccc65)c5c4oc4ccccc45)n3)cc2)cc1. The Balaban J connectivity index is 1.13. The quantitative estimate of drug-likeness (QED) is 0.169. The van der Waals surface area contributed by atoms with Gasteiger partial charge in [-0.2, -0.15) is 0 Å². The molecule has 0 aliphatic rings. The van der Waals surface area contributed by atoms with Crippen molar-refractivity contribution in [2.45, 2.75) is 0 Å². The highest BCUT2D eigenvalue weighted by atomic mass is 16.3. The summed E-state index contributed by atoms with van der Waals surface area (Å²) in [5.74, 6) is 1.73. The summed E-state index contributed by atoms with van der Waals surface area (Å²) in [6, 6.07) is 72.1. The lowest BCUT2D eigenvalue weighted by Gasteiger charge is -2.13. The second-order valence-corrected chi connectivity index (χ2v) is 15.1. The van der Waals surface area contributed by atoms with Gasteiger partial charge in [-0.15, -0.1) is 0 Å². The van der Waals surface area contributed by atoms with E-state index < -0.39 is 0 Å². The highest BCUT2D eigenvalue weighted by Gasteiger charge is 2.24. The molecule has 12 aromatic rings. The predicted molar refractivity (Wildman–Crippen MR) is 246 cm³/mol. The van der Waals surface area contributed by atoms with Crippen LogP contribution in [0.3, 0.4) is 0 Å².